The largest absolute Gasteiger partial charge is 0.464 e. The summed E-state index contributed by atoms with van der Waals surface area (Å²) >= 11 is 0. The van der Waals surface area contributed by atoms with Gasteiger partial charge in [0, 0.05) is 6.54 Å². The van der Waals surface area contributed by atoms with E-state index in [1.165, 1.54) is 0 Å². The normalized spacial score (nSPS) is 13.2. The molecule has 5 heteroatoms. The molecular weight excluding hydrogens is 244 g/mol. The van der Waals surface area contributed by atoms with Gasteiger partial charge in [0.25, 0.3) is 0 Å². The number of nitrogens with zero attached hydrogens (tertiary/aromatic N) is 1. The summed E-state index contributed by atoms with van der Waals surface area (Å²) in [5, 5.41) is 12.6. The van der Waals surface area contributed by atoms with Crippen LogP contribution in [0.2, 0.25) is 0 Å². The molecule has 0 aliphatic rings. The van der Waals surface area contributed by atoms with E-state index in [2.05, 4.69) is 5.32 Å². The molecule has 5 nitrogen and oxygen atoms in total. The van der Waals surface area contributed by atoms with Gasteiger partial charge in [-0.1, -0.05) is 0 Å². The van der Waals surface area contributed by atoms with Crippen LogP contribution in [0.15, 0.2) is 16.5 Å². The highest BCUT2D eigenvalue weighted by Crippen LogP contribution is 2.16. The molecule has 0 spiro atoms. The summed E-state index contributed by atoms with van der Waals surface area (Å²) in [6, 6.07) is 3.32. The van der Waals surface area contributed by atoms with Gasteiger partial charge in [-0.05, 0) is 46.8 Å². The third kappa shape index (κ3) is 4.95. The highest BCUT2D eigenvalue weighted by atomic mass is 16.3. The maximum absolute atomic E-state index is 12.1. The minimum Gasteiger partial charge on any atom is -0.464 e. The van der Waals surface area contributed by atoms with Gasteiger partial charge in [-0.15, -0.1) is 0 Å². The van der Waals surface area contributed by atoms with Gasteiger partial charge in [0.05, 0.1) is 18.2 Å². The molecule has 0 radical (unpaired) electrons. The summed E-state index contributed by atoms with van der Waals surface area (Å²) < 4.78 is 5.48. The molecule has 0 saturated heterocycles. The van der Waals surface area contributed by atoms with Gasteiger partial charge in [0.2, 0.25) is 0 Å². The predicted octanol–water partition coefficient (Wildman–Crippen LogP) is 2.45. The molecule has 0 aliphatic carbocycles. The zero-order valence-electron chi connectivity index (χ0n) is 12.4. The number of aliphatic hydroxyl groups is 1. The van der Waals surface area contributed by atoms with E-state index in [-0.39, 0.29) is 12.1 Å². The molecule has 1 rings (SSSR count). The molecule has 0 fully saturated rings. The Labute approximate surface area is 114 Å². The highest BCUT2D eigenvalue weighted by Gasteiger charge is 2.23. The van der Waals surface area contributed by atoms with E-state index in [4.69, 9.17) is 4.42 Å². The Balaban J connectivity index is 2.62. The van der Waals surface area contributed by atoms with Gasteiger partial charge >= 0.3 is 6.03 Å². The number of rotatable bonds is 5. The van der Waals surface area contributed by atoms with Crippen LogP contribution in [0, 0.1) is 6.92 Å². The van der Waals surface area contributed by atoms with Crippen molar-refractivity contribution >= 4 is 6.03 Å². The molecule has 1 unspecified atom stereocenters. The number of hydrogen-bond acceptors (Lipinski definition) is 3. The first-order valence-electron chi connectivity index (χ1n) is 6.57. The number of likely N-dealkylation sites (N-methyl/N-ethyl adjacent to an activating group) is 1. The smallest absolute Gasteiger partial charge is 0.318 e. The molecule has 0 saturated carbocycles. The fraction of sp³-hybridized carbons (Fsp3) is 0.643. The quantitative estimate of drug-likeness (QED) is 0.862. The molecule has 1 aromatic rings. The van der Waals surface area contributed by atoms with E-state index in [1.807, 2.05) is 32.9 Å². The van der Waals surface area contributed by atoms with Crippen molar-refractivity contribution in [2.24, 2.45) is 0 Å². The van der Waals surface area contributed by atoms with Crippen LogP contribution in [0.4, 0.5) is 4.79 Å². The molecule has 19 heavy (non-hydrogen) atoms. The van der Waals surface area contributed by atoms with E-state index in [1.54, 1.807) is 18.7 Å². The lowest BCUT2D eigenvalue weighted by Gasteiger charge is -2.29. The second kappa shape index (κ2) is 6.10. The van der Waals surface area contributed by atoms with Crippen molar-refractivity contribution in [3.8, 4) is 0 Å². The molecular formula is C14H24N2O3. The summed E-state index contributed by atoms with van der Waals surface area (Å²) in [4.78, 5) is 13.7. The van der Waals surface area contributed by atoms with Crippen molar-refractivity contribution in [2.45, 2.75) is 46.3 Å². The average Bonchev–Trinajstić information content (AvgIpc) is 2.71. The van der Waals surface area contributed by atoms with Crippen molar-refractivity contribution in [2.75, 3.05) is 13.1 Å². The van der Waals surface area contributed by atoms with Crippen molar-refractivity contribution in [3.05, 3.63) is 23.7 Å². The maximum atomic E-state index is 12.1. The van der Waals surface area contributed by atoms with Gasteiger partial charge in [-0.25, -0.2) is 4.79 Å². The number of furan rings is 1. The second-order valence-electron chi connectivity index (χ2n) is 5.45. The number of urea groups is 1. The SMILES string of the molecule is CCN(CC(C)(C)O)C(=O)NC(C)c1ccc(C)o1. The third-order valence-corrected chi connectivity index (χ3v) is 2.77. The molecule has 1 heterocycles. The number of amides is 2. The van der Waals surface area contributed by atoms with Gasteiger partial charge in [0.15, 0.2) is 0 Å². The first kappa shape index (κ1) is 15.6. The number of carbonyl (C=O) groups excluding carboxylic acids is 1. The van der Waals surface area contributed by atoms with E-state index in [9.17, 15) is 9.90 Å². The molecule has 1 atom stereocenters. The Morgan fingerprint density at radius 3 is 2.58 bits per heavy atom. The standard InChI is InChI=1S/C14H24N2O3/c1-6-16(9-14(4,5)18)13(17)15-11(3)12-8-7-10(2)19-12/h7-8,11,18H,6,9H2,1-5H3,(H,15,17). The zero-order valence-corrected chi connectivity index (χ0v) is 12.4. The topological polar surface area (TPSA) is 65.7 Å². The Hall–Kier alpha value is -1.49. The third-order valence-electron chi connectivity index (χ3n) is 2.77. The Kier molecular flexibility index (Phi) is 5.00. The minimum atomic E-state index is -0.905. The Morgan fingerprint density at radius 2 is 2.16 bits per heavy atom. The van der Waals surface area contributed by atoms with Gasteiger partial charge in [-0.3, -0.25) is 0 Å². The van der Waals surface area contributed by atoms with Crippen LogP contribution < -0.4 is 5.32 Å². The molecule has 108 valence electrons. The molecule has 0 aromatic carbocycles. The van der Waals surface area contributed by atoms with Crippen LogP contribution in [0.5, 0.6) is 0 Å². The molecule has 0 aliphatic heterocycles. The van der Waals surface area contributed by atoms with Crippen LogP contribution in [0.1, 0.15) is 45.3 Å². The summed E-state index contributed by atoms with van der Waals surface area (Å²) in [6.07, 6.45) is 0. The Morgan fingerprint density at radius 1 is 1.53 bits per heavy atom. The number of aryl methyl sites for hydroxylation is 1. The van der Waals surface area contributed by atoms with Gasteiger partial charge < -0.3 is 19.7 Å². The van der Waals surface area contributed by atoms with E-state index >= 15 is 0 Å². The zero-order chi connectivity index (χ0) is 14.6. The first-order valence-corrected chi connectivity index (χ1v) is 6.57. The second-order valence-corrected chi connectivity index (χ2v) is 5.45. The van der Waals surface area contributed by atoms with E-state index < -0.39 is 5.60 Å². The molecule has 2 amide bonds. The van der Waals surface area contributed by atoms with Crippen molar-refractivity contribution in [1.29, 1.82) is 0 Å². The molecule has 1 aromatic heterocycles. The summed E-state index contributed by atoms with van der Waals surface area (Å²) in [5.41, 5.74) is -0.905. The van der Waals surface area contributed by atoms with E-state index in [0.717, 1.165) is 11.5 Å². The number of nitrogens with one attached hydrogen (secondary N) is 1. The number of hydrogen-bond donors (Lipinski definition) is 2. The fourth-order valence-electron chi connectivity index (χ4n) is 1.83. The fourth-order valence-corrected chi connectivity index (χ4v) is 1.83. The van der Waals surface area contributed by atoms with Gasteiger partial charge in [-0.2, -0.15) is 0 Å². The van der Waals surface area contributed by atoms with Crippen LogP contribution in [-0.2, 0) is 0 Å². The maximum Gasteiger partial charge on any atom is 0.318 e. The van der Waals surface area contributed by atoms with Crippen LogP contribution in [-0.4, -0.2) is 34.7 Å². The number of carbonyl (C=O) groups is 1. The minimum absolute atomic E-state index is 0.197. The van der Waals surface area contributed by atoms with Crippen molar-refractivity contribution in [1.82, 2.24) is 10.2 Å². The lowest BCUT2D eigenvalue weighted by Crippen LogP contribution is -2.47. The molecule has 0 bridgehead atoms. The average molecular weight is 268 g/mol. The lowest BCUT2D eigenvalue weighted by atomic mass is 10.1. The highest BCUT2D eigenvalue weighted by molar-refractivity contribution is 5.74. The predicted molar refractivity (Wildman–Crippen MR) is 73.9 cm³/mol. The molecule has 2 N–H and O–H groups in total. The Bertz CT molecular complexity index is 421. The lowest BCUT2D eigenvalue weighted by molar-refractivity contribution is 0.0475. The summed E-state index contributed by atoms with van der Waals surface area (Å²) in [5.74, 6) is 1.55. The summed E-state index contributed by atoms with van der Waals surface area (Å²) in [6.45, 7) is 9.81. The van der Waals surface area contributed by atoms with Crippen molar-refractivity contribution in [3.63, 3.8) is 0 Å². The van der Waals surface area contributed by atoms with Crippen LogP contribution in [0.3, 0.4) is 0 Å². The summed E-state index contributed by atoms with van der Waals surface area (Å²) in [7, 11) is 0. The van der Waals surface area contributed by atoms with E-state index in [0.29, 0.717) is 13.1 Å². The first-order chi connectivity index (χ1) is 8.73. The van der Waals surface area contributed by atoms with Crippen LogP contribution in [0.25, 0.3) is 0 Å². The monoisotopic (exact) mass is 268 g/mol. The van der Waals surface area contributed by atoms with Crippen LogP contribution >= 0.6 is 0 Å². The van der Waals surface area contributed by atoms with Crippen molar-refractivity contribution < 1.29 is 14.3 Å². The van der Waals surface area contributed by atoms with Gasteiger partial charge in [0.1, 0.15) is 11.5 Å².